The Bertz CT molecular complexity index is 384. The first-order valence-corrected chi connectivity index (χ1v) is 6.12. The van der Waals surface area contributed by atoms with Gasteiger partial charge in [-0.15, -0.1) is 0 Å². The molecule has 18 heavy (non-hydrogen) atoms. The zero-order valence-electron chi connectivity index (χ0n) is 10.8. The Labute approximate surface area is 107 Å². The van der Waals surface area contributed by atoms with Crippen LogP contribution in [-0.2, 0) is 19.1 Å². The van der Waals surface area contributed by atoms with Gasteiger partial charge >= 0.3 is 11.9 Å². The Morgan fingerprint density at radius 3 is 1.50 bits per heavy atom. The SMILES string of the molecule is C=C(C)[C@@H]1C[C@@H]([C@@H]2C[C@@H](C(=C)C)C(=O)O2)OC1=O. The molecule has 0 aliphatic carbocycles. The Balaban J connectivity index is 2.03. The maximum Gasteiger partial charge on any atom is 0.313 e. The molecular weight excluding hydrogens is 232 g/mol. The number of ether oxygens (including phenoxy) is 2. The highest BCUT2D eigenvalue weighted by Gasteiger charge is 2.46. The van der Waals surface area contributed by atoms with Gasteiger partial charge in [0.25, 0.3) is 0 Å². The maximum absolute atomic E-state index is 11.6. The van der Waals surface area contributed by atoms with Crippen LogP contribution in [0.5, 0.6) is 0 Å². The lowest BCUT2D eigenvalue weighted by Crippen LogP contribution is -2.25. The average Bonchev–Trinajstić information content (AvgIpc) is 2.81. The van der Waals surface area contributed by atoms with Crippen LogP contribution in [0.25, 0.3) is 0 Å². The van der Waals surface area contributed by atoms with Gasteiger partial charge in [-0.05, 0) is 13.8 Å². The third-order valence-electron chi connectivity index (χ3n) is 3.64. The number of hydrogen-bond acceptors (Lipinski definition) is 4. The summed E-state index contributed by atoms with van der Waals surface area (Å²) in [6, 6.07) is 0. The summed E-state index contributed by atoms with van der Waals surface area (Å²) < 4.78 is 10.6. The lowest BCUT2D eigenvalue weighted by atomic mass is 9.92. The van der Waals surface area contributed by atoms with Crippen molar-refractivity contribution in [3.63, 3.8) is 0 Å². The molecule has 2 rings (SSSR count). The summed E-state index contributed by atoms with van der Waals surface area (Å²) in [5, 5.41) is 0. The van der Waals surface area contributed by atoms with Crippen LogP contribution >= 0.6 is 0 Å². The summed E-state index contributed by atoms with van der Waals surface area (Å²) in [7, 11) is 0. The highest BCUT2D eigenvalue weighted by Crippen LogP contribution is 2.36. The number of esters is 2. The van der Waals surface area contributed by atoms with Crippen molar-refractivity contribution in [2.24, 2.45) is 11.8 Å². The highest BCUT2D eigenvalue weighted by atomic mass is 16.6. The smallest absolute Gasteiger partial charge is 0.313 e. The second-order valence-electron chi connectivity index (χ2n) is 5.22. The van der Waals surface area contributed by atoms with Crippen LogP contribution in [0.2, 0.25) is 0 Å². The first kappa shape index (κ1) is 12.9. The van der Waals surface area contributed by atoms with Crippen LogP contribution in [0.4, 0.5) is 0 Å². The molecule has 98 valence electrons. The number of carbonyl (C=O) groups is 2. The van der Waals surface area contributed by atoms with Gasteiger partial charge in [0.1, 0.15) is 12.2 Å². The summed E-state index contributed by atoms with van der Waals surface area (Å²) in [6.07, 6.45) is 0.421. The van der Waals surface area contributed by atoms with E-state index >= 15 is 0 Å². The Hall–Kier alpha value is -1.58. The maximum atomic E-state index is 11.6. The molecule has 0 N–H and O–H groups in total. The van der Waals surface area contributed by atoms with Gasteiger partial charge < -0.3 is 9.47 Å². The van der Waals surface area contributed by atoms with Crippen LogP contribution in [-0.4, -0.2) is 24.1 Å². The Morgan fingerprint density at radius 1 is 0.944 bits per heavy atom. The molecule has 0 aromatic rings. The topological polar surface area (TPSA) is 52.6 Å². The van der Waals surface area contributed by atoms with E-state index in [9.17, 15) is 9.59 Å². The number of carbonyl (C=O) groups excluding carboxylic acids is 2. The standard InChI is InChI=1S/C14H18O4/c1-7(2)9-5-11(17-13(9)15)12-6-10(8(3)4)14(16)18-12/h9-12H,1,3,5-6H2,2,4H3/t9-,10-,11-,12-/m0/s1. The van der Waals surface area contributed by atoms with Crippen molar-refractivity contribution in [3.05, 3.63) is 24.3 Å². The van der Waals surface area contributed by atoms with Gasteiger partial charge in [-0.3, -0.25) is 9.59 Å². The van der Waals surface area contributed by atoms with Crippen molar-refractivity contribution >= 4 is 11.9 Å². The summed E-state index contributed by atoms with van der Waals surface area (Å²) in [5.41, 5.74) is 1.59. The fourth-order valence-corrected chi connectivity index (χ4v) is 2.48. The zero-order valence-corrected chi connectivity index (χ0v) is 10.8. The minimum atomic E-state index is -0.340. The molecule has 2 heterocycles. The van der Waals surface area contributed by atoms with Crippen molar-refractivity contribution in [2.45, 2.75) is 38.9 Å². The number of hydrogen-bond donors (Lipinski definition) is 0. The summed E-state index contributed by atoms with van der Waals surface area (Å²) in [6.45, 7) is 11.2. The lowest BCUT2D eigenvalue weighted by Gasteiger charge is -2.15. The normalized spacial score (nSPS) is 35.2. The van der Waals surface area contributed by atoms with Gasteiger partial charge in [0.05, 0.1) is 11.8 Å². The molecule has 0 radical (unpaired) electrons. The number of rotatable bonds is 3. The van der Waals surface area contributed by atoms with E-state index in [2.05, 4.69) is 13.2 Å². The number of cyclic esters (lactones) is 2. The predicted molar refractivity (Wildman–Crippen MR) is 65.6 cm³/mol. The lowest BCUT2D eigenvalue weighted by molar-refractivity contribution is -0.155. The fourth-order valence-electron chi connectivity index (χ4n) is 2.48. The molecule has 4 heteroatoms. The van der Waals surface area contributed by atoms with Crippen molar-refractivity contribution in [1.29, 1.82) is 0 Å². The first-order valence-electron chi connectivity index (χ1n) is 6.12. The van der Waals surface area contributed by atoms with E-state index in [1.54, 1.807) is 0 Å². The highest BCUT2D eigenvalue weighted by molar-refractivity contribution is 5.79. The molecule has 4 atom stereocenters. The van der Waals surface area contributed by atoms with Gasteiger partial charge in [0.15, 0.2) is 0 Å². The molecular formula is C14H18O4. The van der Waals surface area contributed by atoms with E-state index in [-0.39, 0.29) is 36.0 Å². The molecule has 0 unspecified atom stereocenters. The quantitative estimate of drug-likeness (QED) is 0.568. The summed E-state index contributed by atoms with van der Waals surface area (Å²) in [4.78, 5) is 23.3. The molecule has 0 amide bonds. The second kappa shape index (κ2) is 4.59. The molecule has 0 saturated carbocycles. The minimum Gasteiger partial charge on any atom is -0.458 e. The van der Waals surface area contributed by atoms with E-state index in [0.29, 0.717) is 12.8 Å². The molecule has 4 nitrogen and oxygen atoms in total. The van der Waals surface area contributed by atoms with Crippen LogP contribution in [0.3, 0.4) is 0 Å². The average molecular weight is 250 g/mol. The van der Waals surface area contributed by atoms with E-state index in [4.69, 9.17) is 9.47 Å². The van der Waals surface area contributed by atoms with Crippen LogP contribution in [0, 0.1) is 11.8 Å². The van der Waals surface area contributed by atoms with Crippen molar-refractivity contribution in [1.82, 2.24) is 0 Å². The van der Waals surface area contributed by atoms with Crippen molar-refractivity contribution in [3.8, 4) is 0 Å². The van der Waals surface area contributed by atoms with E-state index in [1.165, 1.54) is 0 Å². The Morgan fingerprint density at radius 2 is 1.28 bits per heavy atom. The molecule has 2 aliphatic heterocycles. The van der Waals surface area contributed by atoms with Crippen LogP contribution in [0.15, 0.2) is 24.3 Å². The first-order chi connectivity index (χ1) is 8.40. The van der Waals surface area contributed by atoms with Gasteiger partial charge in [0.2, 0.25) is 0 Å². The molecule has 2 fully saturated rings. The Kier molecular flexibility index (Phi) is 3.28. The predicted octanol–water partition coefficient (Wildman–Crippen LogP) is 2.00. The zero-order chi connectivity index (χ0) is 13.4. The molecule has 0 aromatic carbocycles. The van der Waals surface area contributed by atoms with Gasteiger partial charge in [0, 0.05) is 12.8 Å². The monoisotopic (exact) mass is 250 g/mol. The van der Waals surface area contributed by atoms with Crippen molar-refractivity contribution < 1.29 is 19.1 Å². The molecule has 0 spiro atoms. The van der Waals surface area contributed by atoms with Crippen molar-refractivity contribution in [2.75, 3.05) is 0 Å². The van der Waals surface area contributed by atoms with Gasteiger partial charge in [-0.1, -0.05) is 24.3 Å². The fraction of sp³-hybridized carbons (Fsp3) is 0.571. The molecule has 2 saturated heterocycles. The largest absolute Gasteiger partial charge is 0.458 e. The van der Waals surface area contributed by atoms with Gasteiger partial charge in [-0.25, -0.2) is 0 Å². The van der Waals surface area contributed by atoms with E-state index in [0.717, 1.165) is 11.1 Å². The minimum absolute atomic E-state index is 0.262. The second-order valence-corrected chi connectivity index (χ2v) is 5.22. The van der Waals surface area contributed by atoms with Crippen LogP contribution < -0.4 is 0 Å². The molecule has 0 bridgehead atoms. The summed E-state index contributed by atoms with van der Waals surface area (Å²) in [5.74, 6) is -1.06. The van der Waals surface area contributed by atoms with E-state index < -0.39 is 0 Å². The third kappa shape index (κ3) is 2.19. The summed E-state index contributed by atoms with van der Waals surface area (Å²) >= 11 is 0. The third-order valence-corrected chi connectivity index (χ3v) is 3.64. The van der Waals surface area contributed by atoms with Gasteiger partial charge in [-0.2, -0.15) is 0 Å². The van der Waals surface area contributed by atoms with E-state index in [1.807, 2.05) is 13.8 Å². The molecule has 2 aliphatic rings. The molecule has 0 aromatic heterocycles. The van der Waals surface area contributed by atoms with Crippen LogP contribution in [0.1, 0.15) is 26.7 Å².